The minimum atomic E-state index is -0.838. The van der Waals surface area contributed by atoms with Crippen LogP contribution in [-0.2, 0) is 13.5 Å². The lowest BCUT2D eigenvalue weighted by Crippen LogP contribution is -2.24. The molecule has 126 valence electrons. The summed E-state index contributed by atoms with van der Waals surface area (Å²) in [7, 11) is 1.61. The highest BCUT2D eigenvalue weighted by atomic mass is 16.3. The molecule has 0 unspecified atom stereocenters. The maximum atomic E-state index is 12.0. The Morgan fingerprint density at radius 2 is 1.72 bits per heavy atom. The van der Waals surface area contributed by atoms with Crippen molar-refractivity contribution in [2.75, 3.05) is 0 Å². The molecule has 0 aliphatic carbocycles. The Bertz CT molecular complexity index is 992. The van der Waals surface area contributed by atoms with Crippen LogP contribution in [0, 0.1) is 0 Å². The van der Waals surface area contributed by atoms with Gasteiger partial charge in [0.05, 0.1) is 0 Å². The molecule has 0 spiro atoms. The highest BCUT2D eigenvalue weighted by Crippen LogP contribution is 2.26. The molecule has 0 radical (unpaired) electrons. The predicted molar refractivity (Wildman–Crippen MR) is 96.5 cm³/mol. The van der Waals surface area contributed by atoms with Crippen LogP contribution < -0.4 is 11.2 Å². The first-order valence-electron chi connectivity index (χ1n) is 7.84. The minimum Gasteiger partial charge on any atom is -0.503 e. The third-order valence-corrected chi connectivity index (χ3v) is 4.23. The van der Waals surface area contributed by atoms with Gasteiger partial charge in [0, 0.05) is 25.2 Å². The number of pyridine rings is 1. The molecule has 1 amide bonds. The fourth-order valence-electron chi connectivity index (χ4n) is 2.96. The molecule has 2 aromatic carbocycles. The molecule has 1 aromatic heterocycles. The number of amides is 1. The van der Waals surface area contributed by atoms with Gasteiger partial charge in [-0.25, -0.2) is 0 Å². The van der Waals surface area contributed by atoms with Gasteiger partial charge in [-0.15, -0.1) is 0 Å². The van der Waals surface area contributed by atoms with Gasteiger partial charge in [0.25, 0.3) is 5.91 Å². The zero-order valence-corrected chi connectivity index (χ0v) is 13.8. The highest BCUT2D eigenvalue weighted by molar-refractivity contribution is 5.93. The molecule has 0 aliphatic heterocycles. The van der Waals surface area contributed by atoms with Gasteiger partial charge in [0.15, 0.2) is 11.4 Å². The van der Waals surface area contributed by atoms with E-state index in [9.17, 15) is 14.7 Å². The SMILES string of the molecule is Cn1c(Cc2ccccc2-c2ccccc2)cc(=O)c(O)c1C(N)=O. The molecule has 0 fully saturated rings. The summed E-state index contributed by atoms with van der Waals surface area (Å²) in [6.07, 6.45) is 0.428. The Kier molecular flexibility index (Phi) is 4.39. The number of nitrogens with zero attached hydrogens (tertiary/aromatic N) is 1. The van der Waals surface area contributed by atoms with Crippen LogP contribution in [0.5, 0.6) is 5.75 Å². The topological polar surface area (TPSA) is 85.3 Å². The number of aromatic nitrogens is 1. The Morgan fingerprint density at radius 1 is 1.08 bits per heavy atom. The van der Waals surface area contributed by atoms with E-state index in [2.05, 4.69) is 0 Å². The summed E-state index contributed by atoms with van der Waals surface area (Å²) in [4.78, 5) is 23.6. The van der Waals surface area contributed by atoms with Gasteiger partial charge in [0.2, 0.25) is 5.43 Å². The van der Waals surface area contributed by atoms with Crippen LogP contribution in [0.2, 0.25) is 0 Å². The molecule has 5 nitrogen and oxygen atoms in total. The smallest absolute Gasteiger partial charge is 0.269 e. The maximum absolute atomic E-state index is 12.0. The van der Waals surface area contributed by atoms with Gasteiger partial charge < -0.3 is 15.4 Å². The molecule has 25 heavy (non-hydrogen) atoms. The van der Waals surface area contributed by atoms with Crippen LogP contribution in [0.1, 0.15) is 21.7 Å². The Labute approximate surface area is 145 Å². The summed E-state index contributed by atoms with van der Waals surface area (Å²) >= 11 is 0. The van der Waals surface area contributed by atoms with Crippen molar-refractivity contribution in [2.24, 2.45) is 12.8 Å². The van der Waals surface area contributed by atoms with Gasteiger partial charge in [-0.2, -0.15) is 0 Å². The van der Waals surface area contributed by atoms with Crippen LogP contribution in [0.15, 0.2) is 65.5 Å². The average molecular weight is 334 g/mol. The van der Waals surface area contributed by atoms with Crippen molar-refractivity contribution in [1.82, 2.24) is 4.57 Å². The molecule has 3 rings (SSSR count). The second kappa shape index (κ2) is 6.65. The van der Waals surface area contributed by atoms with Crippen LogP contribution in [0.4, 0.5) is 0 Å². The standard InChI is InChI=1S/C20H18N2O3/c1-22-15(12-17(23)19(24)18(22)20(21)25)11-14-9-5-6-10-16(14)13-7-3-2-4-8-13/h2-10,12,24H,11H2,1H3,(H2,21,25). The first-order chi connectivity index (χ1) is 12.0. The Balaban J connectivity index is 2.11. The summed E-state index contributed by atoms with van der Waals surface area (Å²) in [6, 6.07) is 19.1. The zero-order valence-electron chi connectivity index (χ0n) is 13.8. The number of rotatable bonds is 4. The van der Waals surface area contributed by atoms with Crippen molar-refractivity contribution in [3.8, 4) is 16.9 Å². The minimum absolute atomic E-state index is 0.181. The van der Waals surface area contributed by atoms with E-state index in [0.29, 0.717) is 12.1 Å². The maximum Gasteiger partial charge on any atom is 0.269 e. The van der Waals surface area contributed by atoms with E-state index < -0.39 is 17.1 Å². The van der Waals surface area contributed by atoms with Gasteiger partial charge in [0.1, 0.15) is 0 Å². The number of benzene rings is 2. The quantitative estimate of drug-likeness (QED) is 0.768. The number of primary amides is 1. The van der Waals surface area contributed by atoms with Crippen LogP contribution in [-0.4, -0.2) is 15.6 Å². The van der Waals surface area contributed by atoms with Crippen molar-refractivity contribution in [1.29, 1.82) is 0 Å². The molecular weight excluding hydrogens is 316 g/mol. The van der Waals surface area contributed by atoms with Crippen molar-refractivity contribution in [3.05, 3.63) is 87.8 Å². The molecule has 5 heteroatoms. The summed E-state index contributed by atoms with van der Waals surface area (Å²) < 4.78 is 1.47. The molecule has 0 saturated carbocycles. The second-order valence-corrected chi connectivity index (χ2v) is 5.82. The number of hydrogen-bond acceptors (Lipinski definition) is 3. The Morgan fingerprint density at radius 3 is 2.40 bits per heavy atom. The first kappa shape index (κ1) is 16.5. The monoisotopic (exact) mass is 334 g/mol. The predicted octanol–water partition coefficient (Wildman–Crippen LogP) is 2.45. The zero-order chi connectivity index (χ0) is 18.0. The first-order valence-corrected chi connectivity index (χ1v) is 7.84. The summed E-state index contributed by atoms with van der Waals surface area (Å²) in [5.74, 6) is -1.45. The van der Waals surface area contributed by atoms with E-state index in [1.165, 1.54) is 10.6 Å². The van der Waals surface area contributed by atoms with E-state index in [1.54, 1.807) is 7.05 Å². The van der Waals surface area contributed by atoms with Crippen molar-refractivity contribution < 1.29 is 9.90 Å². The van der Waals surface area contributed by atoms with E-state index >= 15 is 0 Å². The molecule has 0 aliphatic rings. The molecular formula is C20H18N2O3. The van der Waals surface area contributed by atoms with Crippen LogP contribution in [0.25, 0.3) is 11.1 Å². The summed E-state index contributed by atoms with van der Waals surface area (Å²) in [5, 5.41) is 9.84. The fourth-order valence-corrected chi connectivity index (χ4v) is 2.96. The number of carbonyl (C=O) groups is 1. The Hall–Kier alpha value is -3.34. The molecule has 3 N–H and O–H groups in total. The summed E-state index contributed by atoms with van der Waals surface area (Å²) in [5.41, 5.74) is 8.23. The average Bonchev–Trinajstić information content (AvgIpc) is 2.61. The summed E-state index contributed by atoms with van der Waals surface area (Å²) in [6.45, 7) is 0. The number of aromatic hydroxyl groups is 1. The largest absolute Gasteiger partial charge is 0.503 e. The number of hydrogen-bond donors (Lipinski definition) is 2. The molecule has 1 heterocycles. The van der Waals surface area contributed by atoms with E-state index in [0.717, 1.165) is 16.7 Å². The molecule has 0 bridgehead atoms. The van der Waals surface area contributed by atoms with Crippen LogP contribution >= 0.6 is 0 Å². The third-order valence-electron chi connectivity index (χ3n) is 4.23. The van der Waals surface area contributed by atoms with Gasteiger partial charge in [-0.1, -0.05) is 54.6 Å². The lowest BCUT2D eigenvalue weighted by molar-refractivity contribution is 0.0988. The molecule has 0 saturated heterocycles. The van der Waals surface area contributed by atoms with Crippen molar-refractivity contribution >= 4 is 5.91 Å². The number of carbonyl (C=O) groups excluding carboxylic acids is 1. The fraction of sp³-hybridized carbons (Fsp3) is 0.100. The van der Waals surface area contributed by atoms with E-state index in [-0.39, 0.29) is 5.69 Å². The van der Waals surface area contributed by atoms with Gasteiger partial charge in [-0.3, -0.25) is 9.59 Å². The molecule has 0 atom stereocenters. The number of nitrogens with two attached hydrogens (primary N) is 1. The lowest BCUT2D eigenvalue weighted by atomic mass is 9.96. The van der Waals surface area contributed by atoms with E-state index in [4.69, 9.17) is 5.73 Å². The van der Waals surface area contributed by atoms with Gasteiger partial charge >= 0.3 is 0 Å². The highest BCUT2D eigenvalue weighted by Gasteiger charge is 2.18. The molecule has 3 aromatic rings. The van der Waals surface area contributed by atoms with Gasteiger partial charge in [-0.05, 0) is 16.7 Å². The normalized spacial score (nSPS) is 10.6. The van der Waals surface area contributed by atoms with Crippen molar-refractivity contribution in [3.63, 3.8) is 0 Å². The lowest BCUT2D eigenvalue weighted by Gasteiger charge is -2.15. The third kappa shape index (κ3) is 3.17. The van der Waals surface area contributed by atoms with E-state index in [1.807, 2.05) is 54.6 Å². The van der Waals surface area contributed by atoms with Crippen molar-refractivity contribution in [2.45, 2.75) is 6.42 Å². The van der Waals surface area contributed by atoms with Crippen LogP contribution in [0.3, 0.4) is 0 Å². The second-order valence-electron chi connectivity index (χ2n) is 5.82.